The van der Waals surface area contributed by atoms with Crippen LogP contribution in [0.3, 0.4) is 0 Å². The van der Waals surface area contributed by atoms with Gasteiger partial charge in [0.15, 0.2) is 0 Å². The van der Waals surface area contributed by atoms with Gasteiger partial charge in [-0.15, -0.1) is 0 Å². The maximum absolute atomic E-state index is 12.9. The van der Waals surface area contributed by atoms with Crippen LogP contribution in [0.25, 0.3) is 0 Å². The van der Waals surface area contributed by atoms with Crippen molar-refractivity contribution in [1.82, 2.24) is 9.80 Å². The topological polar surface area (TPSA) is 44.8 Å². The lowest BCUT2D eigenvalue weighted by molar-refractivity contribution is 0.186. The van der Waals surface area contributed by atoms with Crippen molar-refractivity contribution in [2.75, 3.05) is 31.5 Å². The molecule has 1 aromatic carbocycles. The molecule has 1 aliphatic carbocycles. The molecular weight excluding hydrogens is 326 g/mol. The second-order valence-corrected chi connectivity index (χ2v) is 7.95. The number of carbonyl (C=O) groups is 1. The summed E-state index contributed by atoms with van der Waals surface area (Å²) in [7, 11) is 0. The fraction of sp³-hybridized carbons (Fsp3) is 0.667. The first-order chi connectivity index (χ1) is 12.8. The first kappa shape index (κ1) is 17.7. The Labute approximate surface area is 156 Å². The van der Waals surface area contributed by atoms with Gasteiger partial charge in [0.1, 0.15) is 5.75 Å². The summed E-state index contributed by atoms with van der Waals surface area (Å²) in [5, 5.41) is 3.12. The van der Waals surface area contributed by atoms with E-state index in [0.29, 0.717) is 12.1 Å². The average Bonchev–Trinajstić information content (AvgIpc) is 3.40. The first-order valence-electron chi connectivity index (χ1n) is 10.4. The van der Waals surface area contributed by atoms with Crippen LogP contribution in [0.15, 0.2) is 24.3 Å². The van der Waals surface area contributed by atoms with Gasteiger partial charge in [-0.25, -0.2) is 4.79 Å². The number of nitrogens with zero attached hydrogens (tertiary/aromatic N) is 2. The molecule has 1 atom stereocenters. The van der Waals surface area contributed by atoms with Gasteiger partial charge in [-0.3, -0.25) is 0 Å². The zero-order valence-corrected chi connectivity index (χ0v) is 15.7. The summed E-state index contributed by atoms with van der Waals surface area (Å²) in [6.45, 7) is 4.25. The lowest BCUT2D eigenvalue weighted by Gasteiger charge is -2.29. The zero-order chi connectivity index (χ0) is 17.8. The Morgan fingerprint density at radius 3 is 2.58 bits per heavy atom. The number of ether oxygens (including phenoxy) is 1. The molecule has 2 aliphatic heterocycles. The van der Waals surface area contributed by atoms with Crippen LogP contribution in [0.1, 0.15) is 51.4 Å². The standard InChI is InChI=1S/C21H31N3O2/c25-21(24-15-7-8-17(24)16-23-13-5-6-14-23)22-19-11-3-4-12-20(19)26-18-9-1-2-10-18/h3-4,11-12,17-18H,1-2,5-10,13-16H2,(H,22,25). The molecule has 1 aromatic rings. The molecule has 1 saturated carbocycles. The summed E-state index contributed by atoms with van der Waals surface area (Å²) in [5.74, 6) is 0.808. The number of para-hydroxylation sites is 2. The maximum Gasteiger partial charge on any atom is 0.322 e. The molecule has 26 heavy (non-hydrogen) atoms. The number of rotatable bonds is 5. The largest absolute Gasteiger partial charge is 0.488 e. The van der Waals surface area contributed by atoms with Gasteiger partial charge in [-0.2, -0.15) is 0 Å². The Balaban J connectivity index is 1.39. The van der Waals surface area contributed by atoms with Crippen molar-refractivity contribution >= 4 is 11.7 Å². The van der Waals surface area contributed by atoms with Crippen molar-refractivity contribution in [3.05, 3.63) is 24.3 Å². The predicted octanol–water partition coefficient (Wildman–Crippen LogP) is 4.10. The van der Waals surface area contributed by atoms with Crippen LogP contribution in [0.5, 0.6) is 5.75 Å². The molecule has 5 nitrogen and oxygen atoms in total. The van der Waals surface area contributed by atoms with Crippen molar-refractivity contribution in [3.8, 4) is 5.75 Å². The third-order valence-electron chi connectivity index (χ3n) is 6.03. The lowest BCUT2D eigenvalue weighted by atomic mass is 10.2. The Kier molecular flexibility index (Phi) is 5.63. The zero-order valence-electron chi connectivity index (χ0n) is 15.7. The molecule has 2 heterocycles. The van der Waals surface area contributed by atoms with Crippen molar-refractivity contribution in [3.63, 3.8) is 0 Å². The summed E-state index contributed by atoms with van der Waals surface area (Å²) >= 11 is 0. The highest BCUT2D eigenvalue weighted by molar-refractivity contribution is 5.91. The smallest absolute Gasteiger partial charge is 0.322 e. The van der Waals surface area contributed by atoms with Gasteiger partial charge in [0.25, 0.3) is 0 Å². The molecule has 1 unspecified atom stereocenters. The van der Waals surface area contributed by atoms with Crippen molar-refractivity contribution in [2.24, 2.45) is 0 Å². The number of anilines is 1. The monoisotopic (exact) mass is 357 g/mol. The van der Waals surface area contributed by atoms with E-state index in [4.69, 9.17) is 4.74 Å². The predicted molar refractivity (Wildman–Crippen MR) is 104 cm³/mol. The van der Waals surface area contributed by atoms with E-state index < -0.39 is 0 Å². The van der Waals surface area contributed by atoms with Crippen LogP contribution >= 0.6 is 0 Å². The van der Waals surface area contributed by atoms with Crippen LogP contribution in [0.4, 0.5) is 10.5 Å². The van der Waals surface area contributed by atoms with Crippen LogP contribution in [-0.4, -0.2) is 54.2 Å². The van der Waals surface area contributed by atoms with Gasteiger partial charge in [-0.1, -0.05) is 12.1 Å². The number of likely N-dealkylation sites (tertiary alicyclic amines) is 2. The third kappa shape index (κ3) is 4.14. The summed E-state index contributed by atoms with van der Waals surface area (Å²) < 4.78 is 6.16. The summed E-state index contributed by atoms with van der Waals surface area (Å²) in [4.78, 5) is 17.5. The highest BCUT2D eigenvalue weighted by Crippen LogP contribution is 2.30. The molecule has 3 fully saturated rings. The molecule has 2 saturated heterocycles. The Bertz CT molecular complexity index is 609. The molecular formula is C21H31N3O2. The van der Waals surface area contributed by atoms with Gasteiger partial charge < -0.3 is 19.9 Å². The quantitative estimate of drug-likeness (QED) is 0.863. The van der Waals surface area contributed by atoms with Gasteiger partial charge in [0.2, 0.25) is 0 Å². The molecule has 0 aromatic heterocycles. The minimum Gasteiger partial charge on any atom is -0.488 e. The Morgan fingerprint density at radius 1 is 1.00 bits per heavy atom. The minimum absolute atomic E-state index is 0.0224. The Morgan fingerprint density at radius 2 is 1.77 bits per heavy atom. The number of hydrogen-bond donors (Lipinski definition) is 1. The molecule has 0 radical (unpaired) electrons. The van der Waals surface area contributed by atoms with E-state index in [1.165, 1.54) is 38.8 Å². The van der Waals surface area contributed by atoms with Crippen molar-refractivity contribution in [1.29, 1.82) is 0 Å². The van der Waals surface area contributed by atoms with Gasteiger partial charge in [0, 0.05) is 19.1 Å². The van der Waals surface area contributed by atoms with Crippen LogP contribution in [-0.2, 0) is 0 Å². The molecule has 0 bridgehead atoms. The van der Waals surface area contributed by atoms with E-state index >= 15 is 0 Å². The van der Waals surface area contributed by atoms with Crippen molar-refractivity contribution < 1.29 is 9.53 Å². The van der Waals surface area contributed by atoms with E-state index in [1.807, 2.05) is 29.2 Å². The first-order valence-corrected chi connectivity index (χ1v) is 10.4. The molecule has 0 spiro atoms. The van der Waals surface area contributed by atoms with Gasteiger partial charge >= 0.3 is 6.03 Å². The number of urea groups is 1. The molecule has 142 valence electrons. The number of amides is 2. The maximum atomic E-state index is 12.9. The third-order valence-corrected chi connectivity index (χ3v) is 6.03. The summed E-state index contributed by atoms with van der Waals surface area (Å²) in [6, 6.07) is 8.23. The number of carbonyl (C=O) groups excluding carboxylic acids is 1. The fourth-order valence-corrected chi connectivity index (χ4v) is 4.60. The van der Waals surface area contributed by atoms with Crippen LogP contribution in [0.2, 0.25) is 0 Å². The van der Waals surface area contributed by atoms with E-state index in [2.05, 4.69) is 10.2 Å². The van der Waals surface area contributed by atoms with E-state index in [1.54, 1.807) is 0 Å². The summed E-state index contributed by atoms with van der Waals surface area (Å²) in [6.07, 6.45) is 9.82. The average molecular weight is 357 g/mol. The number of nitrogens with one attached hydrogen (secondary N) is 1. The summed E-state index contributed by atoms with van der Waals surface area (Å²) in [5.41, 5.74) is 0.802. The second kappa shape index (κ2) is 8.30. The number of hydrogen-bond acceptors (Lipinski definition) is 3. The Hall–Kier alpha value is -1.75. The lowest BCUT2D eigenvalue weighted by Crippen LogP contribution is -2.44. The number of benzene rings is 1. The highest BCUT2D eigenvalue weighted by Gasteiger charge is 2.31. The molecule has 4 rings (SSSR count). The SMILES string of the molecule is O=C(Nc1ccccc1OC1CCCC1)N1CCCC1CN1CCCC1. The van der Waals surface area contributed by atoms with E-state index in [9.17, 15) is 4.79 Å². The normalized spacial score (nSPS) is 24.3. The van der Waals surface area contributed by atoms with Crippen molar-refractivity contribution in [2.45, 2.75) is 63.5 Å². The molecule has 3 aliphatic rings. The van der Waals surface area contributed by atoms with Crippen LogP contribution in [0, 0.1) is 0 Å². The molecule has 1 N–H and O–H groups in total. The molecule has 2 amide bonds. The van der Waals surface area contributed by atoms with Gasteiger partial charge in [0.05, 0.1) is 11.8 Å². The minimum atomic E-state index is 0.0224. The fourth-order valence-electron chi connectivity index (χ4n) is 4.60. The highest BCUT2D eigenvalue weighted by atomic mass is 16.5. The van der Waals surface area contributed by atoms with E-state index in [-0.39, 0.29) is 6.03 Å². The van der Waals surface area contributed by atoms with E-state index in [0.717, 1.165) is 50.2 Å². The molecule has 5 heteroatoms. The van der Waals surface area contributed by atoms with Gasteiger partial charge in [-0.05, 0) is 76.6 Å². The second-order valence-electron chi connectivity index (χ2n) is 7.95. The van der Waals surface area contributed by atoms with Crippen LogP contribution < -0.4 is 10.1 Å².